The van der Waals surface area contributed by atoms with Crippen molar-refractivity contribution in [3.05, 3.63) is 42.2 Å². The molecule has 0 radical (unpaired) electrons. The van der Waals surface area contributed by atoms with Gasteiger partial charge in [-0.15, -0.1) is 11.8 Å². The first-order valence-corrected chi connectivity index (χ1v) is 11.8. The van der Waals surface area contributed by atoms with Crippen LogP contribution < -0.4 is 14.4 Å². The smallest absolute Gasteiger partial charge is 0.223 e. The van der Waals surface area contributed by atoms with Crippen molar-refractivity contribution >= 4 is 44.4 Å². The molecule has 0 spiro atoms. The van der Waals surface area contributed by atoms with Crippen LogP contribution in [0.1, 0.15) is 6.42 Å². The van der Waals surface area contributed by atoms with Crippen LogP contribution in [0.3, 0.4) is 0 Å². The number of halogens is 1. The molecule has 2 heterocycles. The van der Waals surface area contributed by atoms with Crippen molar-refractivity contribution in [3.8, 4) is 11.5 Å². The highest BCUT2D eigenvalue weighted by atomic mass is 32.2. The molecule has 31 heavy (non-hydrogen) atoms. The molecule has 1 aliphatic heterocycles. The topological polar surface area (TPSA) is 54.9 Å². The van der Waals surface area contributed by atoms with Crippen molar-refractivity contribution < 1.29 is 18.7 Å². The van der Waals surface area contributed by atoms with E-state index in [1.807, 2.05) is 17.0 Å². The van der Waals surface area contributed by atoms with Gasteiger partial charge in [0.05, 0.1) is 14.2 Å². The number of benzene rings is 2. The lowest BCUT2D eigenvalue weighted by Crippen LogP contribution is -2.48. The van der Waals surface area contributed by atoms with Crippen LogP contribution in [0.25, 0.3) is 10.2 Å². The number of fused-ring (bicyclic) bond motifs is 1. The average molecular weight is 462 g/mol. The maximum Gasteiger partial charge on any atom is 0.223 e. The number of hydrogen-bond donors (Lipinski definition) is 0. The van der Waals surface area contributed by atoms with Crippen LogP contribution >= 0.6 is 23.1 Å². The predicted octanol–water partition coefficient (Wildman–Crippen LogP) is 4.28. The summed E-state index contributed by atoms with van der Waals surface area (Å²) in [7, 11) is 3.29. The van der Waals surface area contributed by atoms with E-state index >= 15 is 0 Å². The van der Waals surface area contributed by atoms with Gasteiger partial charge in [0.15, 0.2) is 5.13 Å². The molecule has 6 nitrogen and oxygen atoms in total. The Morgan fingerprint density at radius 2 is 1.74 bits per heavy atom. The fourth-order valence-corrected chi connectivity index (χ4v) is 5.47. The molecule has 0 saturated carbocycles. The molecular formula is C22H24FN3O3S2. The van der Waals surface area contributed by atoms with Gasteiger partial charge >= 0.3 is 0 Å². The number of rotatable bonds is 7. The Morgan fingerprint density at radius 1 is 1.06 bits per heavy atom. The first-order valence-electron chi connectivity index (χ1n) is 10.0. The maximum atomic E-state index is 13.0. The first kappa shape index (κ1) is 21.7. The van der Waals surface area contributed by atoms with Crippen LogP contribution in [0.15, 0.2) is 41.3 Å². The Hall–Kier alpha value is -2.52. The van der Waals surface area contributed by atoms with Crippen LogP contribution in [0.2, 0.25) is 0 Å². The third-order valence-electron chi connectivity index (χ3n) is 5.20. The second kappa shape index (κ2) is 9.74. The zero-order chi connectivity index (χ0) is 21.8. The largest absolute Gasteiger partial charge is 0.495 e. The van der Waals surface area contributed by atoms with E-state index in [1.54, 1.807) is 49.5 Å². The number of anilines is 1. The minimum atomic E-state index is -0.247. The van der Waals surface area contributed by atoms with Crippen LogP contribution in [-0.4, -0.2) is 61.9 Å². The summed E-state index contributed by atoms with van der Waals surface area (Å²) in [4.78, 5) is 22.5. The van der Waals surface area contributed by atoms with Gasteiger partial charge in [-0.1, -0.05) is 11.3 Å². The quantitative estimate of drug-likeness (QED) is 0.490. The third-order valence-corrected chi connectivity index (χ3v) is 7.34. The summed E-state index contributed by atoms with van der Waals surface area (Å²) in [6.07, 6.45) is 0.470. The molecule has 1 saturated heterocycles. The molecule has 2 aromatic carbocycles. The fraction of sp³-hybridized carbons (Fsp3) is 0.364. The third kappa shape index (κ3) is 4.88. The van der Waals surface area contributed by atoms with Gasteiger partial charge in [0.25, 0.3) is 0 Å². The Balaban J connectivity index is 1.33. The molecule has 0 N–H and O–H groups in total. The first-order chi connectivity index (χ1) is 15.1. The van der Waals surface area contributed by atoms with Crippen molar-refractivity contribution in [2.45, 2.75) is 11.3 Å². The van der Waals surface area contributed by atoms with E-state index in [2.05, 4.69) is 4.90 Å². The molecule has 0 bridgehead atoms. The van der Waals surface area contributed by atoms with Crippen LogP contribution in [-0.2, 0) is 4.79 Å². The van der Waals surface area contributed by atoms with Gasteiger partial charge in [0.2, 0.25) is 5.91 Å². The number of amides is 1. The van der Waals surface area contributed by atoms with Gasteiger partial charge in [-0.25, -0.2) is 9.37 Å². The average Bonchev–Trinajstić information content (AvgIpc) is 3.25. The molecule has 1 aliphatic rings. The second-order valence-electron chi connectivity index (χ2n) is 7.06. The second-order valence-corrected chi connectivity index (χ2v) is 9.21. The molecule has 9 heteroatoms. The van der Waals surface area contributed by atoms with Gasteiger partial charge in [-0.3, -0.25) is 4.79 Å². The Labute approximate surface area is 189 Å². The van der Waals surface area contributed by atoms with Gasteiger partial charge in [-0.05, 0) is 36.4 Å². The minimum absolute atomic E-state index is 0.155. The number of methoxy groups -OCH3 is 2. The monoisotopic (exact) mass is 461 g/mol. The summed E-state index contributed by atoms with van der Waals surface area (Å²) in [5, 5.41) is 0.914. The number of ether oxygens (including phenoxy) is 2. The summed E-state index contributed by atoms with van der Waals surface area (Å²) in [6.45, 7) is 2.82. The van der Waals surface area contributed by atoms with E-state index in [0.29, 0.717) is 25.3 Å². The molecule has 0 aliphatic carbocycles. The standard InChI is InChI=1S/C22H24FN3O3S2/c1-28-17-7-8-18(29-2)21-20(17)24-22(31-21)26-12-10-25(11-13-26)19(27)9-14-30-16-5-3-15(23)4-6-16/h3-8H,9-14H2,1-2H3. The van der Waals surface area contributed by atoms with Crippen molar-refractivity contribution in [2.24, 2.45) is 0 Å². The number of carbonyl (C=O) groups is 1. The highest BCUT2D eigenvalue weighted by Gasteiger charge is 2.24. The number of thiazole rings is 1. The highest BCUT2D eigenvalue weighted by molar-refractivity contribution is 7.99. The normalized spacial score (nSPS) is 14.2. The zero-order valence-electron chi connectivity index (χ0n) is 17.5. The predicted molar refractivity (Wildman–Crippen MR) is 123 cm³/mol. The summed E-state index contributed by atoms with van der Waals surface area (Å²) < 4.78 is 24.9. The van der Waals surface area contributed by atoms with Gasteiger partial charge in [0, 0.05) is 43.2 Å². The number of aromatic nitrogens is 1. The molecular weight excluding hydrogens is 437 g/mol. The van der Waals surface area contributed by atoms with E-state index in [-0.39, 0.29) is 11.7 Å². The Morgan fingerprint density at radius 3 is 2.42 bits per heavy atom. The number of nitrogens with zero attached hydrogens (tertiary/aromatic N) is 3. The Bertz CT molecular complexity index is 1010. The van der Waals surface area contributed by atoms with Gasteiger partial charge < -0.3 is 19.3 Å². The molecule has 4 rings (SSSR count). The number of carbonyl (C=O) groups excluding carboxylic acids is 1. The highest BCUT2D eigenvalue weighted by Crippen LogP contribution is 2.40. The Kier molecular flexibility index (Phi) is 6.82. The van der Waals surface area contributed by atoms with Crippen molar-refractivity contribution in [1.82, 2.24) is 9.88 Å². The molecule has 164 valence electrons. The maximum absolute atomic E-state index is 13.0. The van der Waals surface area contributed by atoms with E-state index < -0.39 is 0 Å². The van der Waals surface area contributed by atoms with E-state index in [4.69, 9.17) is 14.5 Å². The lowest BCUT2D eigenvalue weighted by atomic mass is 10.3. The zero-order valence-corrected chi connectivity index (χ0v) is 19.1. The molecule has 0 unspecified atom stereocenters. The van der Waals surface area contributed by atoms with Crippen molar-refractivity contribution in [3.63, 3.8) is 0 Å². The molecule has 3 aromatic rings. The van der Waals surface area contributed by atoms with Crippen LogP contribution in [0.4, 0.5) is 9.52 Å². The van der Waals surface area contributed by atoms with Crippen molar-refractivity contribution in [1.29, 1.82) is 0 Å². The molecule has 1 amide bonds. The fourth-order valence-electron chi connectivity index (χ4n) is 3.50. The number of hydrogen-bond acceptors (Lipinski definition) is 7. The molecule has 0 atom stereocenters. The summed E-state index contributed by atoms with van der Waals surface area (Å²) >= 11 is 3.15. The van der Waals surface area contributed by atoms with E-state index in [1.165, 1.54) is 12.1 Å². The van der Waals surface area contributed by atoms with E-state index in [0.717, 1.165) is 44.8 Å². The van der Waals surface area contributed by atoms with Crippen LogP contribution in [0, 0.1) is 5.82 Å². The van der Waals surface area contributed by atoms with Gasteiger partial charge in [-0.2, -0.15) is 0 Å². The van der Waals surface area contributed by atoms with Crippen LogP contribution in [0.5, 0.6) is 11.5 Å². The van der Waals surface area contributed by atoms with Crippen molar-refractivity contribution in [2.75, 3.05) is 51.1 Å². The summed E-state index contributed by atoms with van der Waals surface area (Å²) in [5.74, 6) is 2.10. The lowest BCUT2D eigenvalue weighted by Gasteiger charge is -2.34. The summed E-state index contributed by atoms with van der Waals surface area (Å²) in [6, 6.07) is 10.1. The summed E-state index contributed by atoms with van der Waals surface area (Å²) in [5.41, 5.74) is 0.804. The molecule has 1 fully saturated rings. The lowest BCUT2D eigenvalue weighted by molar-refractivity contribution is -0.131. The van der Waals surface area contributed by atoms with Gasteiger partial charge in [0.1, 0.15) is 27.5 Å². The minimum Gasteiger partial charge on any atom is -0.495 e. The number of thioether (sulfide) groups is 1. The number of piperazine rings is 1. The van der Waals surface area contributed by atoms with E-state index in [9.17, 15) is 9.18 Å². The molecule has 1 aromatic heterocycles. The SMILES string of the molecule is COc1ccc(OC)c2sc(N3CCN(C(=O)CCSc4ccc(F)cc4)CC3)nc12.